The van der Waals surface area contributed by atoms with Gasteiger partial charge in [-0.25, -0.2) is 0 Å². The number of hydrogen-bond acceptors (Lipinski definition) is 3. The number of benzene rings is 1. The number of ether oxygens (including phenoxy) is 1. The second kappa shape index (κ2) is 6.57. The predicted molar refractivity (Wildman–Crippen MR) is 75.1 cm³/mol. The van der Waals surface area contributed by atoms with Gasteiger partial charge in [0, 0.05) is 19.1 Å². The van der Waals surface area contributed by atoms with Gasteiger partial charge in [0.1, 0.15) is 5.75 Å². The van der Waals surface area contributed by atoms with Crippen molar-refractivity contribution in [3.05, 3.63) is 29.8 Å². The minimum absolute atomic E-state index is 0.191. The molecule has 19 heavy (non-hydrogen) atoms. The van der Waals surface area contributed by atoms with Gasteiger partial charge in [-0.15, -0.1) is 0 Å². The molecule has 1 saturated heterocycles. The first-order chi connectivity index (χ1) is 9.19. The van der Waals surface area contributed by atoms with Crippen LogP contribution in [0.25, 0.3) is 0 Å². The monoisotopic (exact) mass is 262 g/mol. The molecule has 0 aromatic heterocycles. The number of hydrogen-bond donors (Lipinski definition) is 1. The molecule has 1 aliphatic rings. The molecular formula is C15H22N2O2. The molecule has 0 atom stereocenters. The Kier molecular flexibility index (Phi) is 4.80. The topological polar surface area (TPSA) is 55.6 Å². The lowest BCUT2D eigenvalue weighted by Gasteiger charge is -2.30. The second-order valence-corrected chi connectivity index (χ2v) is 4.97. The summed E-state index contributed by atoms with van der Waals surface area (Å²) in [5, 5.41) is 0. The molecule has 104 valence electrons. The van der Waals surface area contributed by atoms with Gasteiger partial charge in [0.25, 0.3) is 0 Å². The van der Waals surface area contributed by atoms with Crippen molar-refractivity contribution < 1.29 is 9.53 Å². The van der Waals surface area contributed by atoms with Crippen molar-refractivity contribution in [3.8, 4) is 5.75 Å². The third-order valence-electron chi connectivity index (χ3n) is 3.48. The van der Waals surface area contributed by atoms with Crippen molar-refractivity contribution in [1.82, 2.24) is 4.90 Å². The summed E-state index contributed by atoms with van der Waals surface area (Å²) in [7, 11) is 0. The molecule has 0 radical (unpaired) electrons. The van der Waals surface area contributed by atoms with E-state index in [1.807, 2.05) is 36.1 Å². The highest BCUT2D eigenvalue weighted by atomic mass is 16.5. The number of nitrogens with two attached hydrogens (primary N) is 1. The molecule has 0 unspecified atom stereocenters. The van der Waals surface area contributed by atoms with E-state index in [2.05, 4.69) is 0 Å². The van der Waals surface area contributed by atoms with Crippen molar-refractivity contribution in [2.45, 2.75) is 32.2 Å². The van der Waals surface area contributed by atoms with Gasteiger partial charge < -0.3 is 15.4 Å². The number of likely N-dealkylation sites (tertiary alicyclic amines) is 1. The molecule has 1 aromatic carbocycles. The van der Waals surface area contributed by atoms with Crippen LogP contribution in [0.3, 0.4) is 0 Å². The Morgan fingerprint density at radius 3 is 2.53 bits per heavy atom. The minimum atomic E-state index is 0.191. The van der Waals surface area contributed by atoms with Crippen LogP contribution in [0, 0.1) is 0 Å². The van der Waals surface area contributed by atoms with Crippen LogP contribution in [0.5, 0.6) is 5.75 Å². The van der Waals surface area contributed by atoms with Crippen LogP contribution in [0.1, 0.15) is 25.3 Å². The van der Waals surface area contributed by atoms with Crippen molar-refractivity contribution in [2.24, 2.45) is 5.73 Å². The lowest BCUT2D eigenvalue weighted by atomic mass is 10.0. The summed E-state index contributed by atoms with van der Waals surface area (Å²) in [6, 6.07) is 8.00. The first kappa shape index (κ1) is 13.9. The molecule has 1 aromatic rings. The number of amides is 1. The summed E-state index contributed by atoms with van der Waals surface area (Å²) in [5.74, 6) is 1.04. The van der Waals surface area contributed by atoms with Gasteiger partial charge >= 0.3 is 0 Å². The summed E-state index contributed by atoms with van der Waals surface area (Å²) >= 11 is 0. The maximum absolute atomic E-state index is 12.1. The second-order valence-electron chi connectivity index (χ2n) is 4.97. The first-order valence-corrected chi connectivity index (χ1v) is 6.94. The summed E-state index contributed by atoms with van der Waals surface area (Å²) in [5.41, 5.74) is 6.87. The van der Waals surface area contributed by atoms with Crippen LogP contribution < -0.4 is 10.5 Å². The molecule has 4 nitrogen and oxygen atoms in total. The summed E-state index contributed by atoms with van der Waals surface area (Å²) in [4.78, 5) is 14.1. The van der Waals surface area contributed by atoms with Gasteiger partial charge in [-0.3, -0.25) is 4.79 Å². The molecule has 2 rings (SSSR count). The number of rotatable bonds is 4. The Labute approximate surface area is 114 Å². The Morgan fingerprint density at radius 1 is 1.32 bits per heavy atom. The lowest BCUT2D eigenvalue weighted by molar-refractivity contribution is -0.131. The number of nitrogens with zero attached hydrogens (tertiary/aromatic N) is 1. The van der Waals surface area contributed by atoms with Gasteiger partial charge in [-0.05, 0) is 37.5 Å². The fourth-order valence-electron chi connectivity index (χ4n) is 2.31. The fourth-order valence-corrected chi connectivity index (χ4v) is 2.31. The Bertz CT molecular complexity index is 409. The molecule has 1 fully saturated rings. The van der Waals surface area contributed by atoms with E-state index in [-0.39, 0.29) is 11.9 Å². The van der Waals surface area contributed by atoms with E-state index in [0.29, 0.717) is 13.0 Å². The summed E-state index contributed by atoms with van der Waals surface area (Å²) in [6.45, 7) is 4.19. The Morgan fingerprint density at radius 2 is 1.95 bits per heavy atom. The Balaban J connectivity index is 1.88. The average Bonchev–Trinajstić information content (AvgIpc) is 2.42. The molecule has 4 heteroatoms. The van der Waals surface area contributed by atoms with Gasteiger partial charge in [0.2, 0.25) is 5.91 Å². The number of carbonyl (C=O) groups is 1. The maximum Gasteiger partial charge on any atom is 0.226 e. The first-order valence-electron chi connectivity index (χ1n) is 6.94. The van der Waals surface area contributed by atoms with E-state index in [9.17, 15) is 4.79 Å². The van der Waals surface area contributed by atoms with Crippen molar-refractivity contribution >= 4 is 5.91 Å². The van der Waals surface area contributed by atoms with Crippen LogP contribution in [0.15, 0.2) is 24.3 Å². The predicted octanol–water partition coefficient (Wildman–Crippen LogP) is 1.58. The highest BCUT2D eigenvalue weighted by Gasteiger charge is 2.20. The van der Waals surface area contributed by atoms with Crippen molar-refractivity contribution in [3.63, 3.8) is 0 Å². The van der Waals surface area contributed by atoms with Gasteiger partial charge in [-0.1, -0.05) is 12.1 Å². The van der Waals surface area contributed by atoms with E-state index < -0.39 is 0 Å². The fraction of sp³-hybridized carbons (Fsp3) is 0.533. The normalized spacial score (nSPS) is 16.4. The quantitative estimate of drug-likeness (QED) is 0.896. The van der Waals surface area contributed by atoms with Crippen LogP contribution in [-0.4, -0.2) is 36.5 Å². The van der Waals surface area contributed by atoms with E-state index in [1.165, 1.54) is 0 Å². The molecule has 1 amide bonds. The highest BCUT2D eigenvalue weighted by molar-refractivity contribution is 5.78. The molecule has 1 heterocycles. The zero-order valence-electron chi connectivity index (χ0n) is 11.5. The molecule has 0 bridgehead atoms. The minimum Gasteiger partial charge on any atom is -0.494 e. The smallest absolute Gasteiger partial charge is 0.226 e. The Hall–Kier alpha value is -1.55. The van der Waals surface area contributed by atoms with E-state index >= 15 is 0 Å². The number of piperidine rings is 1. The summed E-state index contributed by atoms with van der Waals surface area (Å²) in [6.07, 6.45) is 2.28. The van der Waals surface area contributed by atoms with E-state index in [4.69, 9.17) is 10.5 Å². The zero-order chi connectivity index (χ0) is 13.7. The molecule has 2 N–H and O–H groups in total. The van der Waals surface area contributed by atoms with E-state index in [1.54, 1.807) is 0 Å². The highest BCUT2D eigenvalue weighted by Crippen LogP contribution is 2.14. The van der Waals surface area contributed by atoms with Crippen LogP contribution in [0.4, 0.5) is 0 Å². The standard InChI is InChI=1S/C15H22N2O2/c1-2-19-14-5-3-12(4-6-14)11-15(18)17-9-7-13(16)8-10-17/h3-6,13H,2,7-11,16H2,1H3. The van der Waals surface area contributed by atoms with Gasteiger partial charge in [0.15, 0.2) is 0 Å². The van der Waals surface area contributed by atoms with Gasteiger partial charge in [0.05, 0.1) is 13.0 Å². The largest absolute Gasteiger partial charge is 0.494 e. The van der Waals surface area contributed by atoms with Crippen molar-refractivity contribution in [1.29, 1.82) is 0 Å². The molecule has 1 aliphatic heterocycles. The zero-order valence-corrected chi connectivity index (χ0v) is 11.5. The molecule has 0 spiro atoms. The summed E-state index contributed by atoms with van der Waals surface area (Å²) < 4.78 is 5.38. The van der Waals surface area contributed by atoms with Crippen LogP contribution in [-0.2, 0) is 11.2 Å². The lowest BCUT2D eigenvalue weighted by Crippen LogP contribution is -2.43. The van der Waals surface area contributed by atoms with Gasteiger partial charge in [-0.2, -0.15) is 0 Å². The van der Waals surface area contributed by atoms with E-state index in [0.717, 1.165) is 37.2 Å². The van der Waals surface area contributed by atoms with Crippen molar-refractivity contribution in [2.75, 3.05) is 19.7 Å². The SMILES string of the molecule is CCOc1ccc(CC(=O)N2CCC(N)CC2)cc1. The van der Waals surface area contributed by atoms with Crippen LogP contribution in [0.2, 0.25) is 0 Å². The average molecular weight is 262 g/mol. The third kappa shape index (κ3) is 3.96. The third-order valence-corrected chi connectivity index (χ3v) is 3.48. The molecule has 0 saturated carbocycles. The van der Waals surface area contributed by atoms with Crippen LogP contribution >= 0.6 is 0 Å². The maximum atomic E-state index is 12.1. The molecule has 0 aliphatic carbocycles. The number of carbonyl (C=O) groups excluding carboxylic acids is 1. The molecular weight excluding hydrogens is 240 g/mol.